The molecule has 2 N–H and O–H groups in total. The van der Waals surface area contributed by atoms with Crippen molar-refractivity contribution in [1.29, 1.82) is 0 Å². The molecule has 5 heteroatoms. The summed E-state index contributed by atoms with van der Waals surface area (Å²) >= 11 is 0. The van der Waals surface area contributed by atoms with Gasteiger partial charge in [-0.3, -0.25) is 4.79 Å². The molecule has 2 unspecified atom stereocenters. The second kappa shape index (κ2) is 5.77. The van der Waals surface area contributed by atoms with Crippen LogP contribution in [0.15, 0.2) is 6.33 Å². The van der Waals surface area contributed by atoms with Gasteiger partial charge in [-0.1, -0.05) is 12.8 Å². The second-order valence-electron chi connectivity index (χ2n) is 5.83. The summed E-state index contributed by atoms with van der Waals surface area (Å²) in [6.07, 6.45) is 9.75. The molecule has 5 nitrogen and oxygen atoms in total. The molecule has 20 heavy (non-hydrogen) atoms. The number of rotatable bonds is 3. The molecule has 1 fully saturated rings. The molecule has 2 atom stereocenters. The molecule has 2 aliphatic rings. The first-order valence-corrected chi connectivity index (χ1v) is 7.58. The highest BCUT2D eigenvalue weighted by atomic mass is 16.4. The van der Waals surface area contributed by atoms with Crippen molar-refractivity contribution in [2.75, 3.05) is 5.32 Å². The van der Waals surface area contributed by atoms with E-state index in [1.54, 1.807) is 6.33 Å². The standard InChI is InChI=1S/C15H21N3O2/c19-15(20)11-6-2-4-8-13(11)18-14-10-5-1-3-7-12(10)16-9-17-14/h9,11,13H,1-8H2,(H,19,20)(H,16,17,18). The van der Waals surface area contributed by atoms with Crippen LogP contribution in [-0.2, 0) is 17.6 Å². The summed E-state index contributed by atoms with van der Waals surface area (Å²) in [5.41, 5.74) is 2.34. The quantitative estimate of drug-likeness (QED) is 0.886. The highest BCUT2D eigenvalue weighted by Crippen LogP contribution is 2.30. The van der Waals surface area contributed by atoms with Gasteiger partial charge in [0.15, 0.2) is 0 Å². The van der Waals surface area contributed by atoms with Gasteiger partial charge in [0.05, 0.1) is 5.92 Å². The normalized spacial score (nSPS) is 25.8. The summed E-state index contributed by atoms with van der Waals surface area (Å²) in [6.45, 7) is 0. The first-order chi connectivity index (χ1) is 9.75. The van der Waals surface area contributed by atoms with Gasteiger partial charge >= 0.3 is 5.97 Å². The average Bonchev–Trinajstić information content (AvgIpc) is 2.48. The van der Waals surface area contributed by atoms with Gasteiger partial charge in [-0.05, 0) is 38.5 Å². The molecule has 0 aromatic carbocycles. The summed E-state index contributed by atoms with van der Waals surface area (Å²) in [7, 11) is 0. The number of aliphatic carboxylic acids is 1. The highest BCUT2D eigenvalue weighted by molar-refractivity contribution is 5.72. The Kier molecular flexibility index (Phi) is 3.85. The van der Waals surface area contributed by atoms with E-state index in [1.807, 2.05) is 0 Å². The first-order valence-electron chi connectivity index (χ1n) is 7.58. The van der Waals surface area contributed by atoms with Gasteiger partial charge in [0.1, 0.15) is 12.1 Å². The van der Waals surface area contributed by atoms with Crippen LogP contribution < -0.4 is 5.32 Å². The smallest absolute Gasteiger partial charge is 0.308 e. The molecule has 108 valence electrons. The minimum Gasteiger partial charge on any atom is -0.481 e. The zero-order valence-electron chi connectivity index (χ0n) is 11.6. The monoisotopic (exact) mass is 275 g/mol. The average molecular weight is 275 g/mol. The molecule has 1 heterocycles. The Labute approximate surface area is 118 Å². The summed E-state index contributed by atoms with van der Waals surface area (Å²) in [4.78, 5) is 20.1. The molecule has 0 spiro atoms. The maximum Gasteiger partial charge on any atom is 0.308 e. The lowest BCUT2D eigenvalue weighted by Crippen LogP contribution is -2.37. The van der Waals surface area contributed by atoms with E-state index in [0.29, 0.717) is 0 Å². The Balaban J connectivity index is 1.81. The zero-order valence-corrected chi connectivity index (χ0v) is 11.6. The summed E-state index contributed by atoms with van der Waals surface area (Å²) in [5, 5.41) is 12.8. The largest absolute Gasteiger partial charge is 0.481 e. The van der Waals surface area contributed by atoms with Gasteiger partial charge in [-0.2, -0.15) is 0 Å². The molecule has 0 bridgehead atoms. The molecule has 0 radical (unpaired) electrons. The number of aryl methyl sites for hydroxylation is 1. The maximum atomic E-state index is 11.4. The Morgan fingerprint density at radius 1 is 1.15 bits per heavy atom. The Hall–Kier alpha value is -1.65. The Bertz CT molecular complexity index is 504. The molecule has 0 amide bonds. The number of aromatic nitrogens is 2. The number of nitrogens with one attached hydrogen (secondary N) is 1. The van der Waals surface area contributed by atoms with E-state index in [-0.39, 0.29) is 12.0 Å². The SMILES string of the molecule is O=C(O)C1CCCCC1Nc1ncnc2c1CCCC2. The van der Waals surface area contributed by atoms with Crippen LogP contribution in [0.25, 0.3) is 0 Å². The molecule has 3 rings (SSSR count). The Morgan fingerprint density at radius 3 is 2.80 bits per heavy atom. The van der Waals surface area contributed by atoms with Crippen molar-refractivity contribution in [2.45, 2.75) is 57.4 Å². The second-order valence-corrected chi connectivity index (χ2v) is 5.83. The lowest BCUT2D eigenvalue weighted by atomic mass is 9.84. The molecule has 1 saturated carbocycles. The molecular weight excluding hydrogens is 254 g/mol. The highest BCUT2D eigenvalue weighted by Gasteiger charge is 2.31. The van der Waals surface area contributed by atoms with E-state index < -0.39 is 5.97 Å². The van der Waals surface area contributed by atoms with Crippen LogP contribution in [0, 0.1) is 5.92 Å². The van der Waals surface area contributed by atoms with Crippen LogP contribution in [0.3, 0.4) is 0 Å². The van der Waals surface area contributed by atoms with Gasteiger partial charge in [-0.15, -0.1) is 0 Å². The van der Waals surface area contributed by atoms with E-state index in [1.165, 1.54) is 18.4 Å². The van der Waals surface area contributed by atoms with Crippen molar-refractivity contribution in [3.05, 3.63) is 17.6 Å². The van der Waals surface area contributed by atoms with Crippen molar-refractivity contribution in [3.63, 3.8) is 0 Å². The van der Waals surface area contributed by atoms with Crippen molar-refractivity contribution in [3.8, 4) is 0 Å². The van der Waals surface area contributed by atoms with E-state index in [0.717, 1.165) is 50.0 Å². The lowest BCUT2D eigenvalue weighted by Gasteiger charge is -2.31. The predicted octanol–water partition coefficient (Wildman–Crippen LogP) is 2.41. The van der Waals surface area contributed by atoms with E-state index in [2.05, 4.69) is 15.3 Å². The minimum absolute atomic E-state index is 0.00202. The zero-order chi connectivity index (χ0) is 13.9. The third-order valence-electron chi connectivity index (χ3n) is 4.53. The molecule has 2 aliphatic carbocycles. The van der Waals surface area contributed by atoms with Crippen molar-refractivity contribution < 1.29 is 9.90 Å². The molecule has 1 aromatic heterocycles. The number of carbonyl (C=O) groups is 1. The summed E-state index contributed by atoms with van der Waals surface area (Å²) < 4.78 is 0. The van der Waals surface area contributed by atoms with E-state index in [9.17, 15) is 9.90 Å². The fourth-order valence-corrected chi connectivity index (χ4v) is 3.42. The molecular formula is C15H21N3O2. The van der Waals surface area contributed by atoms with Gasteiger partial charge in [0.25, 0.3) is 0 Å². The van der Waals surface area contributed by atoms with Crippen LogP contribution in [-0.4, -0.2) is 27.1 Å². The van der Waals surface area contributed by atoms with E-state index >= 15 is 0 Å². The number of anilines is 1. The van der Waals surface area contributed by atoms with Crippen LogP contribution in [0.2, 0.25) is 0 Å². The van der Waals surface area contributed by atoms with Crippen LogP contribution in [0.4, 0.5) is 5.82 Å². The number of nitrogens with zero attached hydrogens (tertiary/aromatic N) is 2. The van der Waals surface area contributed by atoms with Crippen LogP contribution in [0.1, 0.15) is 49.8 Å². The van der Waals surface area contributed by atoms with Gasteiger partial charge in [0.2, 0.25) is 0 Å². The third kappa shape index (κ3) is 2.62. The maximum absolute atomic E-state index is 11.4. The lowest BCUT2D eigenvalue weighted by molar-refractivity contribution is -0.143. The molecule has 0 aliphatic heterocycles. The fourth-order valence-electron chi connectivity index (χ4n) is 3.42. The number of carboxylic acid groups (broad SMARTS) is 1. The molecule has 1 aromatic rings. The van der Waals surface area contributed by atoms with Crippen LogP contribution in [0.5, 0.6) is 0 Å². The third-order valence-corrected chi connectivity index (χ3v) is 4.53. The van der Waals surface area contributed by atoms with Crippen molar-refractivity contribution >= 4 is 11.8 Å². The number of carboxylic acids is 1. The fraction of sp³-hybridized carbons (Fsp3) is 0.667. The number of hydrogen-bond acceptors (Lipinski definition) is 4. The number of hydrogen-bond donors (Lipinski definition) is 2. The first kappa shape index (κ1) is 13.3. The Morgan fingerprint density at radius 2 is 1.95 bits per heavy atom. The summed E-state index contributed by atoms with van der Waals surface area (Å²) in [6, 6.07) is 0.00202. The van der Waals surface area contributed by atoms with Gasteiger partial charge < -0.3 is 10.4 Å². The van der Waals surface area contributed by atoms with E-state index in [4.69, 9.17) is 0 Å². The predicted molar refractivity (Wildman–Crippen MR) is 75.7 cm³/mol. The molecule has 0 saturated heterocycles. The van der Waals surface area contributed by atoms with Gasteiger partial charge in [-0.25, -0.2) is 9.97 Å². The van der Waals surface area contributed by atoms with Crippen molar-refractivity contribution in [2.24, 2.45) is 5.92 Å². The van der Waals surface area contributed by atoms with Gasteiger partial charge in [0, 0.05) is 17.3 Å². The van der Waals surface area contributed by atoms with Crippen molar-refractivity contribution in [1.82, 2.24) is 9.97 Å². The summed E-state index contributed by atoms with van der Waals surface area (Å²) in [5.74, 6) is -0.115. The minimum atomic E-state index is -0.690. The number of fused-ring (bicyclic) bond motifs is 1. The van der Waals surface area contributed by atoms with Crippen LogP contribution >= 0.6 is 0 Å². The topological polar surface area (TPSA) is 75.1 Å².